The first kappa shape index (κ1) is 12.7. The fraction of sp³-hybridized carbons (Fsp3) is 0.400. The summed E-state index contributed by atoms with van der Waals surface area (Å²) in [6, 6.07) is 8.62. The largest absolute Gasteiger partial charge is 0.355 e. The summed E-state index contributed by atoms with van der Waals surface area (Å²) in [5.41, 5.74) is 2.51. The molecule has 2 rings (SSSR count). The van der Waals surface area contributed by atoms with Crippen molar-refractivity contribution in [3.8, 4) is 5.69 Å². The molecule has 0 amide bonds. The second-order valence-electron chi connectivity index (χ2n) is 4.80. The van der Waals surface area contributed by atoms with E-state index in [4.69, 9.17) is 0 Å². The number of aromatic nitrogens is 2. The minimum Gasteiger partial charge on any atom is -0.355 e. The third-order valence-corrected chi connectivity index (χ3v) is 2.99. The SMILES string of the molecule is CCCNc1nccn1-c1cccc(C(C)C)c1. The van der Waals surface area contributed by atoms with Gasteiger partial charge in [0.15, 0.2) is 0 Å². The predicted octanol–water partition coefficient (Wildman–Crippen LogP) is 3.82. The normalized spacial score (nSPS) is 10.9. The molecule has 0 spiro atoms. The lowest BCUT2D eigenvalue weighted by Crippen LogP contribution is -2.07. The quantitative estimate of drug-likeness (QED) is 0.865. The number of hydrogen-bond donors (Lipinski definition) is 1. The van der Waals surface area contributed by atoms with Gasteiger partial charge in [-0.2, -0.15) is 0 Å². The van der Waals surface area contributed by atoms with E-state index in [9.17, 15) is 0 Å². The Morgan fingerprint density at radius 1 is 1.33 bits per heavy atom. The van der Waals surface area contributed by atoms with Crippen molar-refractivity contribution in [3.63, 3.8) is 0 Å². The van der Waals surface area contributed by atoms with Gasteiger partial charge in [-0.15, -0.1) is 0 Å². The minimum atomic E-state index is 0.542. The first-order valence-corrected chi connectivity index (χ1v) is 6.60. The van der Waals surface area contributed by atoms with Gasteiger partial charge in [0.05, 0.1) is 0 Å². The van der Waals surface area contributed by atoms with Crippen LogP contribution in [-0.4, -0.2) is 16.1 Å². The van der Waals surface area contributed by atoms with Gasteiger partial charge < -0.3 is 5.32 Å². The molecule has 0 aliphatic heterocycles. The van der Waals surface area contributed by atoms with Gasteiger partial charge in [-0.05, 0) is 30.0 Å². The zero-order valence-electron chi connectivity index (χ0n) is 11.4. The van der Waals surface area contributed by atoms with Crippen molar-refractivity contribution in [2.24, 2.45) is 0 Å². The molecule has 0 saturated heterocycles. The van der Waals surface area contributed by atoms with E-state index in [0.29, 0.717) is 5.92 Å². The summed E-state index contributed by atoms with van der Waals surface area (Å²) in [6.45, 7) is 7.52. The van der Waals surface area contributed by atoms with E-state index in [0.717, 1.165) is 24.6 Å². The Balaban J connectivity index is 2.30. The van der Waals surface area contributed by atoms with Gasteiger partial charge >= 0.3 is 0 Å². The summed E-state index contributed by atoms with van der Waals surface area (Å²) in [5.74, 6) is 1.46. The highest BCUT2D eigenvalue weighted by molar-refractivity contribution is 5.44. The van der Waals surface area contributed by atoms with Crippen LogP contribution >= 0.6 is 0 Å². The van der Waals surface area contributed by atoms with Crippen LogP contribution < -0.4 is 5.32 Å². The van der Waals surface area contributed by atoms with Crippen molar-refractivity contribution in [2.45, 2.75) is 33.1 Å². The molecule has 0 bridgehead atoms. The van der Waals surface area contributed by atoms with E-state index < -0.39 is 0 Å². The van der Waals surface area contributed by atoms with Crippen molar-refractivity contribution >= 4 is 5.95 Å². The van der Waals surface area contributed by atoms with E-state index in [-0.39, 0.29) is 0 Å². The van der Waals surface area contributed by atoms with E-state index >= 15 is 0 Å². The van der Waals surface area contributed by atoms with Crippen LogP contribution in [0.1, 0.15) is 38.7 Å². The van der Waals surface area contributed by atoms with Gasteiger partial charge in [0.25, 0.3) is 0 Å². The van der Waals surface area contributed by atoms with Crippen LogP contribution in [0.3, 0.4) is 0 Å². The second-order valence-corrected chi connectivity index (χ2v) is 4.80. The molecule has 3 heteroatoms. The van der Waals surface area contributed by atoms with Gasteiger partial charge in [0, 0.05) is 24.6 Å². The van der Waals surface area contributed by atoms with Crippen LogP contribution in [0, 0.1) is 0 Å². The highest BCUT2D eigenvalue weighted by Crippen LogP contribution is 2.20. The van der Waals surface area contributed by atoms with E-state index in [2.05, 4.69) is 59.9 Å². The number of hydrogen-bond acceptors (Lipinski definition) is 2. The van der Waals surface area contributed by atoms with Crippen LogP contribution in [0.15, 0.2) is 36.7 Å². The molecule has 1 N–H and O–H groups in total. The zero-order chi connectivity index (χ0) is 13.0. The van der Waals surface area contributed by atoms with E-state index in [1.165, 1.54) is 5.56 Å². The lowest BCUT2D eigenvalue weighted by atomic mass is 10.0. The molecule has 2 aromatic rings. The summed E-state index contributed by atoms with van der Waals surface area (Å²) in [6.07, 6.45) is 4.93. The second kappa shape index (κ2) is 5.71. The van der Waals surface area contributed by atoms with Crippen LogP contribution in [0.5, 0.6) is 0 Å². The summed E-state index contributed by atoms with van der Waals surface area (Å²) < 4.78 is 2.10. The summed E-state index contributed by atoms with van der Waals surface area (Å²) >= 11 is 0. The van der Waals surface area contributed by atoms with Crippen LogP contribution in [0.25, 0.3) is 5.69 Å². The smallest absolute Gasteiger partial charge is 0.207 e. The Kier molecular flexibility index (Phi) is 4.03. The molecule has 1 aromatic heterocycles. The lowest BCUT2D eigenvalue weighted by molar-refractivity contribution is 0.862. The molecule has 1 heterocycles. The number of benzene rings is 1. The predicted molar refractivity (Wildman–Crippen MR) is 76.4 cm³/mol. The maximum atomic E-state index is 4.36. The molecule has 0 aliphatic carbocycles. The number of imidazole rings is 1. The fourth-order valence-electron chi connectivity index (χ4n) is 1.91. The van der Waals surface area contributed by atoms with Crippen LogP contribution in [0.4, 0.5) is 5.95 Å². The summed E-state index contributed by atoms with van der Waals surface area (Å²) in [7, 11) is 0. The van der Waals surface area contributed by atoms with Crippen molar-refractivity contribution in [1.29, 1.82) is 0 Å². The van der Waals surface area contributed by atoms with Gasteiger partial charge in [0.1, 0.15) is 0 Å². The van der Waals surface area contributed by atoms with Crippen LogP contribution in [-0.2, 0) is 0 Å². The third-order valence-electron chi connectivity index (χ3n) is 2.99. The van der Waals surface area contributed by atoms with Crippen molar-refractivity contribution in [1.82, 2.24) is 9.55 Å². The molecule has 0 saturated carbocycles. The first-order valence-electron chi connectivity index (χ1n) is 6.60. The van der Waals surface area contributed by atoms with Crippen molar-refractivity contribution in [2.75, 3.05) is 11.9 Å². The third kappa shape index (κ3) is 2.73. The molecule has 0 radical (unpaired) electrons. The van der Waals surface area contributed by atoms with E-state index in [1.54, 1.807) is 0 Å². The average Bonchev–Trinajstić information content (AvgIpc) is 2.84. The molecule has 18 heavy (non-hydrogen) atoms. The summed E-state index contributed by atoms with van der Waals surface area (Å²) in [4.78, 5) is 4.36. The molecule has 0 unspecified atom stereocenters. The molecule has 0 aliphatic rings. The summed E-state index contributed by atoms with van der Waals surface area (Å²) in [5, 5.41) is 3.34. The monoisotopic (exact) mass is 243 g/mol. The maximum absolute atomic E-state index is 4.36. The van der Waals surface area contributed by atoms with Gasteiger partial charge in [-0.3, -0.25) is 4.57 Å². The molecule has 0 fully saturated rings. The van der Waals surface area contributed by atoms with Crippen molar-refractivity contribution < 1.29 is 0 Å². The average molecular weight is 243 g/mol. The molecule has 3 nitrogen and oxygen atoms in total. The van der Waals surface area contributed by atoms with Gasteiger partial charge in [0.2, 0.25) is 5.95 Å². The van der Waals surface area contributed by atoms with Crippen LogP contribution in [0.2, 0.25) is 0 Å². The lowest BCUT2D eigenvalue weighted by Gasteiger charge is -2.12. The molecular formula is C15H21N3. The standard InChI is InChI=1S/C15H21N3/c1-4-8-16-15-17-9-10-18(15)14-7-5-6-13(11-14)12(2)3/h5-7,9-12H,4,8H2,1-3H3,(H,16,17). The Hall–Kier alpha value is -1.77. The first-order chi connectivity index (χ1) is 8.72. The number of nitrogens with one attached hydrogen (secondary N) is 1. The highest BCUT2D eigenvalue weighted by atomic mass is 15.2. The zero-order valence-corrected chi connectivity index (χ0v) is 11.4. The Bertz CT molecular complexity index is 500. The fourth-order valence-corrected chi connectivity index (χ4v) is 1.91. The Morgan fingerprint density at radius 2 is 2.17 bits per heavy atom. The maximum Gasteiger partial charge on any atom is 0.207 e. The Labute approximate surface area is 109 Å². The van der Waals surface area contributed by atoms with Gasteiger partial charge in [-0.25, -0.2) is 4.98 Å². The molecule has 0 atom stereocenters. The van der Waals surface area contributed by atoms with Gasteiger partial charge in [-0.1, -0.05) is 32.9 Å². The molecule has 96 valence electrons. The topological polar surface area (TPSA) is 29.9 Å². The number of anilines is 1. The molecular weight excluding hydrogens is 222 g/mol. The molecule has 1 aromatic carbocycles. The number of rotatable bonds is 5. The Morgan fingerprint density at radius 3 is 2.89 bits per heavy atom. The highest BCUT2D eigenvalue weighted by Gasteiger charge is 2.06. The number of nitrogens with zero attached hydrogens (tertiary/aromatic N) is 2. The van der Waals surface area contributed by atoms with Crippen molar-refractivity contribution in [3.05, 3.63) is 42.2 Å². The minimum absolute atomic E-state index is 0.542. The van der Waals surface area contributed by atoms with E-state index in [1.807, 2.05) is 12.4 Å².